The molecule has 2 rings (SSSR count). The summed E-state index contributed by atoms with van der Waals surface area (Å²) in [5.41, 5.74) is 0.845. The summed E-state index contributed by atoms with van der Waals surface area (Å²) < 4.78 is 22.8. The number of carbonyl (C=O) groups is 1. The van der Waals surface area contributed by atoms with Gasteiger partial charge in [0.1, 0.15) is 18.2 Å². The Morgan fingerprint density at radius 3 is 3.13 bits per heavy atom. The largest absolute Gasteiger partial charge is 0.492 e. The summed E-state index contributed by atoms with van der Waals surface area (Å²) in [5, 5.41) is 0. The molecule has 0 bridgehead atoms. The van der Waals surface area contributed by atoms with Crippen LogP contribution < -0.4 is 4.74 Å². The Bertz CT molecular complexity index is 389. The number of methoxy groups -OCH3 is 1. The molecule has 0 radical (unpaired) electrons. The first-order valence-electron chi connectivity index (χ1n) is 4.70. The number of hydrogen-bond acceptors (Lipinski definition) is 3. The van der Waals surface area contributed by atoms with Gasteiger partial charge in [-0.2, -0.15) is 0 Å². The maximum atomic E-state index is 12.8. The number of hydrogen-bond donors (Lipinski definition) is 0. The topological polar surface area (TPSA) is 35.5 Å². The van der Waals surface area contributed by atoms with Crippen LogP contribution in [0.3, 0.4) is 0 Å². The normalized spacial score (nSPS) is 18.9. The minimum Gasteiger partial charge on any atom is -0.492 e. The van der Waals surface area contributed by atoms with Crippen molar-refractivity contribution in [1.29, 1.82) is 0 Å². The molecule has 1 aliphatic heterocycles. The van der Waals surface area contributed by atoms with Crippen LogP contribution in [0.2, 0.25) is 0 Å². The van der Waals surface area contributed by atoms with Crippen LogP contribution in [-0.2, 0) is 16.0 Å². The van der Waals surface area contributed by atoms with Crippen LogP contribution >= 0.6 is 0 Å². The van der Waals surface area contributed by atoms with Crippen molar-refractivity contribution >= 4 is 5.97 Å². The molecule has 0 aromatic heterocycles. The highest BCUT2D eigenvalue weighted by Crippen LogP contribution is 2.28. The fourth-order valence-corrected chi connectivity index (χ4v) is 1.66. The summed E-state index contributed by atoms with van der Waals surface area (Å²) >= 11 is 0. The molecule has 1 aromatic rings. The third-order valence-electron chi connectivity index (χ3n) is 2.47. The lowest BCUT2D eigenvalue weighted by Gasteiger charge is -2.23. The van der Waals surface area contributed by atoms with Gasteiger partial charge in [0.05, 0.1) is 13.0 Å². The molecule has 0 N–H and O–H groups in total. The fourth-order valence-electron chi connectivity index (χ4n) is 1.66. The standard InChI is InChI=1S/C11H11FO3/c1-14-11(13)8-4-7-2-3-9(12)5-10(7)15-6-8/h2-3,5,8H,4,6H2,1H3. The smallest absolute Gasteiger partial charge is 0.312 e. The second kappa shape index (κ2) is 3.88. The van der Waals surface area contributed by atoms with Crippen LogP contribution in [-0.4, -0.2) is 19.7 Å². The molecule has 4 heteroatoms. The molecule has 0 spiro atoms. The molecule has 80 valence electrons. The second-order valence-corrected chi connectivity index (χ2v) is 3.49. The molecule has 1 unspecified atom stereocenters. The number of benzene rings is 1. The van der Waals surface area contributed by atoms with Gasteiger partial charge in [0.25, 0.3) is 0 Å². The van der Waals surface area contributed by atoms with Gasteiger partial charge in [-0.25, -0.2) is 4.39 Å². The molecule has 1 atom stereocenters. The van der Waals surface area contributed by atoms with E-state index in [1.54, 1.807) is 6.07 Å². The summed E-state index contributed by atoms with van der Waals surface area (Å²) in [6, 6.07) is 4.34. The quantitative estimate of drug-likeness (QED) is 0.660. The Hall–Kier alpha value is -1.58. The Balaban J connectivity index is 2.20. The van der Waals surface area contributed by atoms with E-state index in [9.17, 15) is 9.18 Å². The van der Waals surface area contributed by atoms with Gasteiger partial charge in [-0.15, -0.1) is 0 Å². The maximum absolute atomic E-state index is 12.8. The molecular weight excluding hydrogens is 199 g/mol. The molecule has 1 aliphatic rings. The molecule has 1 aromatic carbocycles. The van der Waals surface area contributed by atoms with Gasteiger partial charge in [-0.3, -0.25) is 4.79 Å². The predicted octanol–water partition coefficient (Wildman–Crippen LogP) is 1.55. The molecule has 1 heterocycles. The first kappa shape index (κ1) is 9.96. The summed E-state index contributed by atoms with van der Waals surface area (Å²) in [7, 11) is 1.35. The number of carbonyl (C=O) groups excluding carboxylic acids is 1. The summed E-state index contributed by atoms with van der Waals surface area (Å²) in [6.07, 6.45) is 0.544. The van der Waals surface area contributed by atoms with E-state index < -0.39 is 0 Å². The average molecular weight is 210 g/mol. The van der Waals surface area contributed by atoms with Crippen molar-refractivity contribution in [3.8, 4) is 5.75 Å². The fraction of sp³-hybridized carbons (Fsp3) is 0.364. The van der Waals surface area contributed by atoms with E-state index in [2.05, 4.69) is 4.74 Å². The van der Waals surface area contributed by atoms with Gasteiger partial charge in [0, 0.05) is 6.07 Å². The molecule has 0 saturated carbocycles. The third kappa shape index (κ3) is 1.93. The Morgan fingerprint density at radius 2 is 2.40 bits per heavy atom. The van der Waals surface area contributed by atoms with Crippen LogP contribution in [0.1, 0.15) is 5.56 Å². The van der Waals surface area contributed by atoms with Crippen LogP contribution in [0.4, 0.5) is 4.39 Å². The zero-order chi connectivity index (χ0) is 10.8. The van der Waals surface area contributed by atoms with E-state index in [1.165, 1.54) is 19.2 Å². The van der Waals surface area contributed by atoms with Crippen molar-refractivity contribution < 1.29 is 18.7 Å². The van der Waals surface area contributed by atoms with E-state index in [-0.39, 0.29) is 24.3 Å². The van der Waals surface area contributed by atoms with E-state index in [0.717, 1.165) is 5.56 Å². The number of esters is 1. The van der Waals surface area contributed by atoms with E-state index in [0.29, 0.717) is 12.2 Å². The van der Waals surface area contributed by atoms with E-state index in [4.69, 9.17) is 4.74 Å². The first-order valence-corrected chi connectivity index (χ1v) is 4.70. The van der Waals surface area contributed by atoms with Crippen molar-refractivity contribution in [2.75, 3.05) is 13.7 Å². The van der Waals surface area contributed by atoms with Gasteiger partial charge < -0.3 is 9.47 Å². The number of ether oxygens (including phenoxy) is 2. The molecule has 0 amide bonds. The molecule has 3 nitrogen and oxygen atoms in total. The van der Waals surface area contributed by atoms with Crippen LogP contribution in [0.15, 0.2) is 18.2 Å². The lowest BCUT2D eigenvalue weighted by molar-refractivity contribution is -0.146. The van der Waals surface area contributed by atoms with Crippen LogP contribution in [0.5, 0.6) is 5.75 Å². The highest BCUT2D eigenvalue weighted by atomic mass is 19.1. The molecular formula is C11H11FO3. The minimum absolute atomic E-state index is 0.253. The molecule has 15 heavy (non-hydrogen) atoms. The Labute approximate surface area is 86.8 Å². The second-order valence-electron chi connectivity index (χ2n) is 3.49. The van der Waals surface area contributed by atoms with Crippen molar-refractivity contribution in [3.05, 3.63) is 29.6 Å². The highest BCUT2D eigenvalue weighted by Gasteiger charge is 2.26. The van der Waals surface area contributed by atoms with E-state index in [1.807, 2.05) is 0 Å². The zero-order valence-electron chi connectivity index (χ0n) is 8.33. The maximum Gasteiger partial charge on any atom is 0.312 e. The number of fused-ring (bicyclic) bond motifs is 1. The number of rotatable bonds is 1. The van der Waals surface area contributed by atoms with E-state index >= 15 is 0 Å². The van der Waals surface area contributed by atoms with Crippen molar-refractivity contribution in [2.45, 2.75) is 6.42 Å². The summed E-state index contributed by atoms with van der Waals surface area (Å²) in [4.78, 5) is 11.3. The predicted molar refractivity (Wildman–Crippen MR) is 51.1 cm³/mol. The van der Waals surface area contributed by atoms with Crippen molar-refractivity contribution in [2.24, 2.45) is 5.92 Å². The van der Waals surface area contributed by atoms with Gasteiger partial charge in [-0.1, -0.05) is 6.07 Å². The molecule has 0 aliphatic carbocycles. The average Bonchev–Trinajstić information content (AvgIpc) is 2.27. The Morgan fingerprint density at radius 1 is 1.60 bits per heavy atom. The lowest BCUT2D eigenvalue weighted by atomic mass is 9.97. The third-order valence-corrected chi connectivity index (χ3v) is 2.47. The highest BCUT2D eigenvalue weighted by molar-refractivity contribution is 5.73. The molecule has 0 saturated heterocycles. The van der Waals surface area contributed by atoms with Gasteiger partial charge in [0.15, 0.2) is 0 Å². The summed E-state index contributed by atoms with van der Waals surface area (Å²) in [5.74, 6) is -0.377. The van der Waals surface area contributed by atoms with Crippen LogP contribution in [0.25, 0.3) is 0 Å². The summed E-state index contributed by atoms with van der Waals surface area (Å²) in [6.45, 7) is 0.253. The SMILES string of the molecule is COC(=O)C1COc2cc(F)ccc2C1. The lowest BCUT2D eigenvalue weighted by Crippen LogP contribution is -2.29. The van der Waals surface area contributed by atoms with Crippen LogP contribution in [0, 0.1) is 11.7 Å². The monoisotopic (exact) mass is 210 g/mol. The molecule has 0 fully saturated rings. The minimum atomic E-state index is -0.328. The zero-order valence-corrected chi connectivity index (χ0v) is 8.33. The van der Waals surface area contributed by atoms with Gasteiger partial charge >= 0.3 is 5.97 Å². The Kier molecular flexibility index (Phi) is 2.58. The van der Waals surface area contributed by atoms with Crippen molar-refractivity contribution in [1.82, 2.24) is 0 Å². The van der Waals surface area contributed by atoms with Gasteiger partial charge in [-0.05, 0) is 18.1 Å². The first-order chi connectivity index (χ1) is 7.20. The van der Waals surface area contributed by atoms with Gasteiger partial charge in [0.2, 0.25) is 0 Å². The van der Waals surface area contributed by atoms with Crippen molar-refractivity contribution in [3.63, 3.8) is 0 Å². The number of halogens is 1.